The second-order valence-corrected chi connectivity index (χ2v) is 4.87. The molecule has 4 nitrogen and oxygen atoms in total. The number of carboxylic acid groups (broad SMARTS) is 1. The van der Waals surface area contributed by atoms with E-state index in [4.69, 9.17) is 16.7 Å². The Morgan fingerprint density at radius 3 is 3.07 bits per heavy atom. The number of carbonyl (C=O) groups is 1. The monoisotopic (exact) mass is 232 g/mol. The molecule has 0 radical (unpaired) electrons. The van der Waals surface area contributed by atoms with Crippen molar-refractivity contribution in [3.63, 3.8) is 0 Å². The highest BCUT2D eigenvalue weighted by Crippen LogP contribution is 2.33. The summed E-state index contributed by atoms with van der Waals surface area (Å²) in [5, 5.41) is 12.0. The summed E-state index contributed by atoms with van der Waals surface area (Å²) in [6.45, 7) is 1.21. The Bertz CT molecular complexity index is 355. The van der Waals surface area contributed by atoms with Crippen LogP contribution in [0.2, 0.25) is 4.47 Å². The summed E-state index contributed by atoms with van der Waals surface area (Å²) in [6, 6.07) is 0. The zero-order chi connectivity index (χ0) is 10.1. The predicted octanol–water partition coefficient (Wildman–Crippen LogP) is 1.18. The molecule has 14 heavy (non-hydrogen) atoms. The molecule has 2 heterocycles. The van der Waals surface area contributed by atoms with Gasteiger partial charge < -0.3 is 10.4 Å². The first kappa shape index (κ1) is 9.89. The van der Waals surface area contributed by atoms with E-state index in [1.807, 2.05) is 0 Å². The van der Waals surface area contributed by atoms with Crippen molar-refractivity contribution in [3.8, 4) is 0 Å². The summed E-state index contributed by atoms with van der Waals surface area (Å²) in [7, 11) is 0. The average molecular weight is 233 g/mol. The van der Waals surface area contributed by atoms with Crippen molar-refractivity contribution in [2.24, 2.45) is 5.92 Å². The lowest BCUT2D eigenvalue weighted by Crippen LogP contribution is -2.20. The SMILES string of the molecule is O=C(O)C1CNCC1c1cnc(Cl)s1. The van der Waals surface area contributed by atoms with Crippen molar-refractivity contribution >= 4 is 28.9 Å². The molecule has 0 aliphatic carbocycles. The molecule has 0 saturated carbocycles. The number of nitrogens with zero attached hydrogens (tertiary/aromatic N) is 1. The van der Waals surface area contributed by atoms with E-state index in [1.54, 1.807) is 6.20 Å². The van der Waals surface area contributed by atoms with Gasteiger partial charge in [-0.1, -0.05) is 11.6 Å². The molecular formula is C8H9ClN2O2S. The molecule has 2 unspecified atom stereocenters. The summed E-state index contributed by atoms with van der Waals surface area (Å²) >= 11 is 7.06. The number of halogens is 1. The lowest BCUT2D eigenvalue weighted by atomic mass is 9.95. The van der Waals surface area contributed by atoms with E-state index in [0.29, 0.717) is 17.6 Å². The summed E-state index contributed by atoms with van der Waals surface area (Å²) in [6.07, 6.45) is 1.67. The predicted molar refractivity (Wildman–Crippen MR) is 53.9 cm³/mol. The van der Waals surface area contributed by atoms with Crippen LogP contribution in [0.3, 0.4) is 0 Å². The van der Waals surface area contributed by atoms with E-state index in [1.165, 1.54) is 11.3 Å². The minimum Gasteiger partial charge on any atom is -0.481 e. The first-order chi connectivity index (χ1) is 6.68. The Morgan fingerprint density at radius 1 is 1.71 bits per heavy atom. The number of hydrogen-bond donors (Lipinski definition) is 2. The van der Waals surface area contributed by atoms with E-state index in [0.717, 1.165) is 4.88 Å². The summed E-state index contributed by atoms with van der Waals surface area (Å²) in [5.41, 5.74) is 0. The van der Waals surface area contributed by atoms with Gasteiger partial charge in [-0.25, -0.2) is 4.98 Å². The van der Waals surface area contributed by atoms with Crippen molar-refractivity contribution in [2.75, 3.05) is 13.1 Å². The number of aliphatic carboxylic acids is 1. The van der Waals surface area contributed by atoms with Crippen LogP contribution in [0.15, 0.2) is 6.20 Å². The van der Waals surface area contributed by atoms with Crippen molar-refractivity contribution in [1.82, 2.24) is 10.3 Å². The molecule has 1 aliphatic heterocycles. The fourth-order valence-corrected chi connectivity index (χ4v) is 2.79. The molecule has 0 amide bonds. The smallest absolute Gasteiger partial charge is 0.308 e. The summed E-state index contributed by atoms with van der Waals surface area (Å²) < 4.78 is 0.469. The van der Waals surface area contributed by atoms with Gasteiger partial charge in [0, 0.05) is 30.1 Å². The molecule has 6 heteroatoms. The third-order valence-corrected chi connectivity index (χ3v) is 3.64. The van der Waals surface area contributed by atoms with Gasteiger partial charge in [0.15, 0.2) is 4.47 Å². The summed E-state index contributed by atoms with van der Waals surface area (Å²) in [5.74, 6) is -1.10. The maximum atomic E-state index is 10.9. The first-order valence-corrected chi connectivity index (χ1v) is 5.42. The van der Waals surface area contributed by atoms with Crippen LogP contribution in [0.25, 0.3) is 0 Å². The highest BCUT2D eigenvalue weighted by atomic mass is 35.5. The standard InChI is InChI=1S/C8H9ClN2O2S/c9-8-11-3-6(14-8)4-1-10-2-5(4)7(12)13/h3-5,10H,1-2H2,(H,12,13). The van der Waals surface area contributed by atoms with Gasteiger partial charge in [-0.2, -0.15) is 0 Å². The molecule has 1 saturated heterocycles. The van der Waals surface area contributed by atoms with Gasteiger partial charge in [0.2, 0.25) is 0 Å². The van der Waals surface area contributed by atoms with Crippen molar-refractivity contribution < 1.29 is 9.90 Å². The van der Waals surface area contributed by atoms with E-state index in [2.05, 4.69) is 10.3 Å². The van der Waals surface area contributed by atoms with Gasteiger partial charge in [0.05, 0.1) is 5.92 Å². The third kappa shape index (κ3) is 1.75. The number of hydrogen-bond acceptors (Lipinski definition) is 4. The lowest BCUT2D eigenvalue weighted by Gasteiger charge is -2.11. The quantitative estimate of drug-likeness (QED) is 0.804. The molecule has 1 aromatic rings. The first-order valence-electron chi connectivity index (χ1n) is 4.23. The molecule has 1 fully saturated rings. The van der Waals surface area contributed by atoms with Crippen molar-refractivity contribution in [2.45, 2.75) is 5.92 Å². The van der Waals surface area contributed by atoms with E-state index in [-0.39, 0.29) is 11.8 Å². The average Bonchev–Trinajstić information content (AvgIpc) is 2.70. The van der Waals surface area contributed by atoms with Gasteiger partial charge in [0.25, 0.3) is 0 Å². The highest BCUT2D eigenvalue weighted by Gasteiger charge is 2.34. The molecule has 1 aromatic heterocycles. The van der Waals surface area contributed by atoms with Gasteiger partial charge in [-0.15, -0.1) is 11.3 Å². The normalized spacial score (nSPS) is 26.6. The van der Waals surface area contributed by atoms with Gasteiger partial charge in [-0.3, -0.25) is 4.79 Å². The number of nitrogens with one attached hydrogen (secondary N) is 1. The van der Waals surface area contributed by atoms with Crippen LogP contribution in [0.5, 0.6) is 0 Å². The molecule has 2 N–H and O–H groups in total. The van der Waals surface area contributed by atoms with Crippen LogP contribution >= 0.6 is 22.9 Å². The van der Waals surface area contributed by atoms with Crippen LogP contribution < -0.4 is 5.32 Å². The Hall–Kier alpha value is -0.650. The lowest BCUT2D eigenvalue weighted by molar-refractivity contribution is -0.141. The Labute approximate surface area is 89.9 Å². The van der Waals surface area contributed by atoms with Crippen molar-refractivity contribution in [3.05, 3.63) is 15.5 Å². The molecule has 1 aliphatic rings. The van der Waals surface area contributed by atoms with Crippen LogP contribution in [-0.4, -0.2) is 29.1 Å². The Kier molecular flexibility index (Phi) is 2.71. The fourth-order valence-electron chi connectivity index (χ4n) is 1.67. The van der Waals surface area contributed by atoms with Gasteiger partial charge in [-0.05, 0) is 0 Å². The van der Waals surface area contributed by atoms with E-state index < -0.39 is 5.97 Å². The Balaban J connectivity index is 2.21. The second-order valence-electron chi connectivity index (χ2n) is 3.23. The van der Waals surface area contributed by atoms with Gasteiger partial charge in [0.1, 0.15) is 0 Å². The van der Waals surface area contributed by atoms with Crippen molar-refractivity contribution in [1.29, 1.82) is 0 Å². The maximum Gasteiger partial charge on any atom is 0.308 e. The topological polar surface area (TPSA) is 62.2 Å². The Morgan fingerprint density at radius 2 is 2.50 bits per heavy atom. The number of aromatic nitrogens is 1. The molecule has 76 valence electrons. The number of carboxylic acids is 1. The molecular weight excluding hydrogens is 224 g/mol. The molecule has 0 spiro atoms. The second kappa shape index (κ2) is 3.84. The van der Waals surface area contributed by atoms with E-state index >= 15 is 0 Å². The fraction of sp³-hybridized carbons (Fsp3) is 0.500. The number of rotatable bonds is 2. The zero-order valence-electron chi connectivity index (χ0n) is 7.24. The van der Waals surface area contributed by atoms with Crippen LogP contribution in [-0.2, 0) is 4.79 Å². The highest BCUT2D eigenvalue weighted by molar-refractivity contribution is 7.15. The molecule has 0 bridgehead atoms. The molecule has 2 rings (SSSR count). The largest absolute Gasteiger partial charge is 0.481 e. The maximum absolute atomic E-state index is 10.9. The molecule has 0 aromatic carbocycles. The zero-order valence-corrected chi connectivity index (χ0v) is 8.81. The molecule has 2 atom stereocenters. The van der Waals surface area contributed by atoms with Gasteiger partial charge >= 0.3 is 5.97 Å². The minimum absolute atomic E-state index is 0.0116. The van der Waals surface area contributed by atoms with Crippen LogP contribution in [0.4, 0.5) is 0 Å². The van der Waals surface area contributed by atoms with Crippen LogP contribution in [0, 0.1) is 5.92 Å². The third-order valence-electron chi connectivity index (χ3n) is 2.39. The minimum atomic E-state index is -0.760. The van der Waals surface area contributed by atoms with E-state index in [9.17, 15) is 4.79 Å². The van der Waals surface area contributed by atoms with Crippen LogP contribution in [0.1, 0.15) is 10.8 Å². The summed E-state index contributed by atoms with van der Waals surface area (Å²) in [4.78, 5) is 15.8. The number of thiazole rings is 1.